The number of halogens is 3. The molecule has 1 saturated carbocycles. The van der Waals surface area contributed by atoms with Crippen LogP contribution in [0.25, 0.3) is 5.69 Å². The minimum atomic E-state index is -4.53. The highest BCUT2D eigenvalue weighted by molar-refractivity contribution is 5.95. The molecule has 2 aromatic carbocycles. The second-order valence-electron chi connectivity index (χ2n) is 8.60. The molecule has 0 unspecified atom stereocenters. The van der Waals surface area contributed by atoms with Crippen molar-refractivity contribution >= 4 is 11.8 Å². The topological polar surface area (TPSA) is 98.1 Å². The Labute approximate surface area is 205 Å². The van der Waals surface area contributed by atoms with Gasteiger partial charge in [-0.1, -0.05) is 35.5 Å². The van der Waals surface area contributed by atoms with Crippen molar-refractivity contribution in [2.24, 2.45) is 0 Å². The van der Waals surface area contributed by atoms with E-state index < -0.39 is 18.6 Å². The number of alkyl halides is 3. The summed E-state index contributed by atoms with van der Waals surface area (Å²) in [4.78, 5) is 24.8. The molecule has 0 saturated heterocycles. The number of ether oxygens (including phenoxy) is 1. The molecule has 1 heterocycles. The Bertz CT molecular complexity index is 1220. The minimum Gasteiger partial charge on any atom is -0.491 e. The Morgan fingerprint density at radius 3 is 2.56 bits per heavy atom. The van der Waals surface area contributed by atoms with E-state index in [4.69, 9.17) is 4.74 Å². The molecule has 3 aromatic rings. The zero-order valence-electron chi connectivity index (χ0n) is 19.6. The molecule has 1 aliphatic carbocycles. The van der Waals surface area contributed by atoms with Gasteiger partial charge in [0.05, 0.1) is 12.3 Å². The van der Waals surface area contributed by atoms with E-state index in [9.17, 15) is 22.8 Å². The van der Waals surface area contributed by atoms with E-state index in [0.717, 1.165) is 24.8 Å². The van der Waals surface area contributed by atoms with Crippen molar-refractivity contribution < 1.29 is 27.5 Å². The number of amides is 2. The van der Waals surface area contributed by atoms with Gasteiger partial charge in [-0.2, -0.15) is 13.2 Å². The van der Waals surface area contributed by atoms with Crippen LogP contribution in [-0.4, -0.2) is 52.2 Å². The Balaban J connectivity index is 1.55. The second kappa shape index (κ2) is 10.8. The molecule has 0 spiro atoms. The highest BCUT2D eigenvalue weighted by Gasteiger charge is 2.29. The summed E-state index contributed by atoms with van der Waals surface area (Å²) in [6.07, 6.45) is -1.24. The number of hydrogen-bond acceptors (Lipinski definition) is 5. The molecule has 4 rings (SSSR count). The van der Waals surface area contributed by atoms with Crippen LogP contribution >= 0.6 is 0 Å². The number of rotatable bonds is 10. The van der Waals surface area contributed by atoms with E-state index in [1.165, 1.54) is 22.9 Å². The Morgan fingerprint density at radius 1 is 1.11 bits per heavy atom. The van der Waals surface area contributed by atoms with Crippen LogP contribution < -0.4 is 15.4 Å². The summed E-state index contributed by atoms with van der Waals surface area (Å²) in [5, 5.41) is 12.8. The number of carbonyl (C=O) groups is 2. The molecule has 0 radical (unpaired) electrons. The molecule has 0 aliphatic heterocycles. The number of benzene rings is 2. The lowest BCUT2D eigenvalue weighted by molar-refractivity contribution is -0.123. The van der Waals surface area contributed by atoms with Gasteiger partial charge in [-0.05, 0) is 56.4 Å². The third-order valence-corrected chi connectivity index (χ3v) is 5.63. The van der Waals surface area contributed by atoms with E-state index in [1.54, 1.807) is 6.92 Å². The molecule has 0 atom stereocenters. The quantitative estimate of drug-likeness (QED) is 0.412. The normalized spacial score (nSPS) is 13.3. The summed E-state index contributed by atoms with van der Waals surface area (Å²) in [7, 11) is 0. The average Bonchev–Trinajstić information content (AvgIpc) is 3.59. The molecule has 1 aliphatic rings. The highest BCUT2D eigenvalue weighted by atomic mass is 19.4. The van der Waals surface area contributed by atoms with Crippen molar-refractivity contribution in [1.82, 2.24) is 25.6 Å². The summed E-state index contributed by atoms with van der Waals surface area (Å²) < 4.78 is 45.0. The lowest BCUT2D eigenvalue weighted by Crippen LogP contribution is -2.33. The van der Waals surface area contributed by atoms with E-state index in [-0.39, 0.29) is 35.6 Å². The van der Waals surface area contributed by atoms with Crippen LogP contribution in [0.2, 0.25) is 0 Å². The van der Waals surface area contributed by atoms with E-state index in [0.29, 0.717) is 17.8 Å². The van der Waals surface area contributed by atoms with Crippen LogP contribution in [0.1, 0.15) is 51.4 Å². The number of aryl methyl sites for hydroxylation is 1. The third-order valence-electron chi connectivity index (χ3n) is 5.63. The predicted molar refractivity (Wildman–Crippen MR) is 125 cm³/mol. The molecule has 2 N–H and O–H groups in total. The molecular formula is C25H26F3N5O3. The van der Waals surface area contributed by atoms with E-state index >= 15 is 0 Å². The molecule has 11 heteroatoms. The molecule has 36 heavy (non-hydrogen) atoms. The summed E-state index contributed by atoms with van der Waals surface area (Å²) in [5.74, 6) is -0.965. The van der Waals surface area contributed by atoms with Crippen LogP contribution in [-0.2, 0) is 6.42 Å². The van der Waals surface area contributed by atoms with Crippen LogP contribution in [0.15, 0.2) is 48.5 Å². The number of nitrogens with zero attached hydrogens (tertiary/aromatic N) is 3. The van der Waals surface area contributed by atoms with Crippen molar-refractivity contribution in [3.05, 3.63) is 71.0 Å². The molecule has 8 nitrogen and oxygen atoms in total. The van der Waals surface area contributed by atoms with E-state index in [1.807, 2.05) is 35.6 Å². The smallest absolute Gasteiger partial charge is 0.405 e. The fourth-order valence-electron chi connectivity index (χ4n) is 3.58. The van der Waals surface area contributed by atoms with Gasteiger partial charge in [-0.3, -0.25) is 9.59 Å². The fraction of sp³-hybridized carbons (Fsp3) is 0.360. The molecule has 1 aromatic heterocycles. The first-order valence-corrected chi connectivity index (χ1v) is 11.6. The maximum absolute atomic E-state index is 12.5. The lowest BCUT2D eigenvalue weighted by Gasteiger charge is -2.15. The first-order chi connectivity index (χ1) is 17.2. The second-order valence-corrected chi connectivity index (χ2v) is 8.60. The number of nitrogens with one attached hydrogen (secondary N) is 2. The summed E-state index contributed by atoms with van der Waals surface area (Å²) in [5.41, 5.74) is 2.20. The largest absolute Gasteiger partial charge is 0.491 e. The van der Waals surface area contributed by atoms with Gasteiger partial charge in [-0.25, -0.2) is 4.68 Å². The standard InChI is InChI=1S/C25H26F3N5O3/c1-16-22(24(35)30-19-10-11-19)31-32-33(16)20-12-9-18(23(34)29-15-25(26,27)28)14-21(20)36-13-5-8-17-6-3-2-4-7-17/h2-4,6-7,9,12,14,19H,5,8,10-11,13,15H2,1H3,(H,29,34)(H,30,35). The van der Waals surface area contributed by atoms with Crippen molar-refractivity contribution in [2.45, 2.75) is 44.8 Å². The van der Waals surface area contributed by atoms with Crippen molar-refractivity contribution in [3.8, 4) is 11.4 Å². The molecule has 0 bridgehead atoms. The van der Waals surface area contributed by atoms with Crippen molar-refractivity contribution in [2.75, 3.05) is 13.2 Å². The Morgan fingerprint density at radius 2 is 1.86 bits per heavy atom. The van der Waals surface area contributed by atoms with Gasteiger partial charge < -0.3 is 15.4 Å². The number of aromatic nitrogens is 3. The Hall–Kier alpha value is -3.89. The summed E-state index contributed by atoms with van der Waals surface area (Å²) >= 11 is 0. The monoisotopic (exact) mass is 501 g/mol. The minimum absolute atomic E-state index is 0.00512. The SMILES string of the molecule is Cc1c(C(=O)NC2CC2)nnn1-c1ccc(C(=O)NCC(F)(F)F)cc1OCCCc1ccccc1. The van der Waals surface area contributed by atoms with Gasteiger partial charge in [0, 0.05) is 11.6 Å². The maximum atomic E-state index is 12.5. The number of carbonyl (C=O) groups excluding carboxylic acids is 2. The molecule has 1 fully saturated rings. The van der Waals surface area contributed by atoms with E-state index in [2.05, 4.69) is 15.6 Å². The Kier molecular flexibility index (Phi) is 7.56. The summed E-state index contributed by atoms with van der Waals surface area (Å²) in [6, 6.07) is 14.2. The van der Waals surface area contributed by atoms with Gasteiger partial charge in [0.1, 0.15) is 18.0 Å². The van der Waals surface area contributed by atoms with Gasteiger partial charge >= 0.3 is 6.18 Å². The third kappa shape index (κ3) is 6.61. The number of hydrogen-bond donors (Lipinski definition) is 2. The zero-order chi connectivity index (χ0) is 25.7. The van der Waals surface area contributed by atoms with Crippen molar-refractivity contribution in [3.63, 3.8) is 0 Å². The molecular weight excluding hydrogens is 475 g/mol. The average molecular weight is 502 g/mol. The lowest BCUT2D eigenvalue weighted by atomic mass is 10.1. The molecule has 190 valence electrons. The van der Waals surface area contributed by atoms with Gasteiger partial charge in [0.15, 0.2) is 5.69 Å². The predicted octanol–water partition coefficient (Wildman–Crippen LogP) is 3.77. The van der Waals surface area contributed by atoms with Crippen LogP contribution in [0.3, 0.4) is 0 Å². The first kappa shape index (κ1) is 25.2. The fourth-order valence-corrected chi connectivity index (χ4v) is 3.58. The first-order valence-electron chi connectivity index (χ1n) is 11.6. The van der Waals surface area contributed by atoms with Crippen molar-refractivity contribution in [1.29, 1.82) is 0 Å². The highest BCUT2D eigenvalue weighted by Crippen LogP contribution is 2.27. The summed E-state index contributed by atoms with van der Waals surface area (Å²) in [6.45, 7) is 0.533. The van der Waals surface area contributed by atoms with Crippen LogP contribution in [0.4, 0.5) is 13.2 Å². The van der Waals surface area contributed by atoms with Crippen LogP contribution in [0, 0.1) is 6.92 Å². The van der Waals surface area contributed by atoms with Gasteiger partial charge in [0.25, 0.3) is 11.8 Å². The van der Waals surface area contributed by atoms with Crippen LogP contribution in [0.5, 0.6) is 5.75 Å². The maximum Gasteiger partial charge on any atom is 0.405 e. The zero-order valence-corrected chi connectivity index (χ0v) is 19.6. The van der Waals surface area contributed by atoms with Gasteiger partial charge in [-0.15, -0.1) is 5.10 Å². The molecule has 2 amide bonds. The van der Waals surface area contributed by atoms with Gasteiger partial charge in [0.2, 0.25) is 0 Å².